The van der Waals surface area contributed by atoms with Crippen molar-refractivity contribution in [3.8, 4) is 0 Å². The van der Waals surface area contributed by atoms with Gasteiger partial charge in [0, 0.05) is 8.04 Å². The van der Waals surface area contributed by atoms with Gasteiger partial charge in [0.1, 0.15) is 6.29 Å². The van der Waals surface area contributed by atoms with Crippen LogP contribution in [0.1, 0.15) is 10.4 Å². The summed E-state index contributed by atoms with van der Waals surface area (Å²) in [6.45, 7) is 0. The minimum atomic E-state index is -0.195. The summed E-state index contributed by atoms with van der Waals surface area (Å²) < 4.78 is 2.16. The number of carbonyl (C=O) groups excluding carboxylic acids is 1. The number of alkyl halides is 1. The third-order valence-electron chi connectivity index (χ3n) is 1.38. The molecule has 0 saturated heterocycles. The lowest BCUT2D eigenvalue weighted by Gasteiger charge is -2.03. The Hall–Kier alpha value is 0.580. The van der Waals surface area contributed by atoms with Gasteiger partial charge in [-0.3, -0.25) is 0 Å². The highest BCUT2D eigenvalue weighted by atomic mass is 127. The molecule has 0 radical (unpaired) electrons. The van der Waals surface area contributed by atoms with Crippen LogP contribution in [0.2, 0.25) is 0 Å². The molecule has 12 heavy (non-hydrogen) atoms. The van der Waals surface area contributed by atoms with E-state index >= 15 is 0 Å². The fourth-order valence-electron chi connectivity index (χ4n) is 0.762. The second-order valence-electron chi connectivity index (χ2n) is 2.21. The summed E-state index contributed by atoms with van der Waals surface area (Å²) in [6, 6.07) is 5.83. The molecule has 1 aromatic carbocycles. The van der Waals surface area contributed by atoms with Crippen molar-refractivity contribution in [3.05, 3.63) is 31.8 Å². The maximum Gasteiger partial charge on any atom is 0.138 e. The molecule has 1 atom stereocenters. The molecule has 0 fully saturated rings. The number of hydrogen-bond donors (Lipinski definition) is 0. The van der Waals surface area contributed by atoms with Crippen LogP contribution in [0.25, 0.3) is 0 Å². The van der Waals surface area contributed by atoms with Crippen LogP contribution in [0, 0.1) is 3.57 Å². The Balaban J connectivity index is 3.04. The molecule has 1 aromatic rings. The summed E-state index contributed by atoms with van der Waals surface area (Å²) in [4.78, 5) is 10.2. The van der Waals surface area contributed by atoms with Crippen molar-refractivity contribution in [2.24, 2.45) is 0 Å². The van der Waals surface area contributed by atoms with Gasteiger partial charge < -0.3 is 4.79 Å². The number of halogens is 3. The molecule has 0 aromatic heterocycles. The maximum atomic E-state index is 10.4. The minimum Gasteiger partial charge on any atom is -0.302 e. The highest BCUT2D eigenvalue weighted by molar-refractivity contribution is 14.1. The predicted molar refractivity (Wildman–Crippen MR) is 64.6 cm³/mol. The first-order chi connectivity index (χ1) is 5.65. The van der Waals surface area contributed by atoms with Crippen LogP contribution >= 0.6 is 54.5 Å². The number of rotatable bonds is 2. The van der Waals surface area contributed by atoms with E-state index in [0.717, 1.165) is 19.9 Å². The third-order valence-corrected chi connectivity index (χ3v) is 4.45. The second-order valence-corrected chi connectivity index (χ2v) is 5.21. The van der Waals surface area contributed by atoms with Crippen molar-refractivity contribution in [1.29, 1.82) is 0 Å². The fourth-order valence-corrected chi connectivity index (χ4v) is 1.83. The zero-order chi connectivity index (χ0) is 9.14. The van der Waals surface area contributed by atoms with E-state index in [9.17, 15) is 4.79 Å². The first-order valence-electron chi connectivity index (χ1n) is 3.19. The molecule has 64 valence electrons. The molecule has 0 aliphatic heterocycles. The van der Waals surface area contributed by atoms with Gasteiger partial charge in [0.2, 0.25) is 0 Å². The highest BCUT2D eigenvalue weighted by Crippen LogP contribution is 2.26. The topological polar surface area (TPSA) is 17.1 Å². The Morgan fingerprint density at radius 3 is 2.67 bits per heavy atom. The van der Waals surface area contributed by atoms with E-state index in [0.29, 0.717) is 0 Å². The van der Waals surface area contributed by atoms with E-state index in [1.807, 2.05) is 18.2 Å². The van der Waals surface area contributed by atoms with Crippen LogP contribution in [0.15, 0.2) is 22.7 Å². The standard InChI is InChI=1S/C8H5Br2IO/c9-6-2-1-5(3-8(6)11)7(10)4-12/h1-4,7H. The normalized spacial score (nSPS) is 12.6. The highest BCUT2D eigenvalue weighted by Gasteiger charge is 2.06. The Labute approximate surface area is 101 Å². The summed E-state index contributed by atoms with van der Waals surface area (Å²) in [5.74, 6) is 0. The molecule has 0 heterocycles. The lowest BCUT2D eigenvalue weighted by Crippen LogP contribution is -1.91. The van der Waals surface area contributed by atoms with Gasteiger partial charge in [0.15, 0.2) is 0 Å². The van der Waals surface area contributed by atoms with Crippen molar-refractivity contribution in [2.75, 3.05) is 0 Å². The quantitative estimate of drug-likeness (QED) is 0.418. The summed E-state index contributed by atoms with van der Waals surface area (Å²) in [6.07, 6.45) is 0.874. The molecular formula is C8H5Br2IO. The molecule has 1 nitrogen and oxygen atoms in total. The zero-order valence-corrected chi connectivity index (χ0v) is 11.3. The molecule has 0 bridgehead atoms. The molecule has 1 rings (SSSR count). The van der Waals surface area contributed by atoms with Crippen molar-refractivity contribution >= 4 is 60.7 Å². The van der Waals surface area contributed by atoms with E-state index in [1.165, 1.54) is 0 Å². The van der Waals surface area contributed by atoms with Gasteiger partial charge in [0.25, 0.3) is 0 Å². The van der Waals surface area contributed by atoms with Gasteiger partial charge in [0.05, 0.1) is 4.83 Å². The molecule has 0 saturated carbocycles. The molecule has 0 amide bonds. The average molecular weight is 404 g/mol. The average Bonchev–Trinajstić information content (AvgIpc) is 2.08. The zero-order valence-electron chi connectivity index (χ0n) is 5.93. The molecule has 1 unspecified atom stereocenters. The monoisotopic (exact) mass is 402 g/mol. The van der Waals surface area contributed by atoms with Crippen molar-refractivity contribution in [1.82, 2.24) is 0 Å². The third kappa shape index (κ3) is 2.53. The summed E-state index contributed by atoms with van der Waals surface area (Å²) in [5, 5.41) is 0. The predicted octanol–water partition coefficient (Wildman–Crippen LogP) is 3.69. The van der Waals surface area contributed by atoms with Crippen molar-refractivity contribution in [2.45, 2.75) is 4.83 Å². The van der Waals surface area contributed by atoms with Crippen LogP contribution in [0.4, 0.5) is 0 Å². The van der Waals surface area contributed by atoms with E-state index in [2.05, 4.69) is 54.5 Å². The number of aldehydes is 1. The fraction of sp³-hybridized carbons (Fsp3) is 0.125. The lowest BCUT2D eigenvalue weighted by molar-refractivity contribution is -0.107. The second kappa shape index (κ2) is 4.72. The van der Waals surface area contributed by atoms with Gasteiger partial charge in [-0.25, -0.2) is 0 Å². The lowest BCUT2D eigenvalue weighted by atomic mass is 10.2. The van der Waals surface area contributed by atoms with Crippen LogP contribution in [0.5, 0.6) is 0 Å². The molecule has 0 spiro atoms. The Morgan fingerprint density at radius 2 is 2.17 bits per heavy atom. The molecule has 4 heteroatoms. The van der Waals surface area contributed by atoms with Gasteiger partial charge in [-0.15, -0.1) is 0 Å². The van der Waals surface area contributed by atoms with Crippen LogP contribution in [0.3, 0.4) is 0 Å². The SMILES string of the molecule is O=CC(Br)c1ccc(Br)c(I)c1. The van der Waals surface area contributed by atoms with Crippen LogP contribution in [-0.2, 0) is 4.79 Å². The van der Waals surface area contributed by atoms with E-state index < -0.39 is 0 Å². The van der Waals surface area contributed by atoms with Crippen molar-refractivity contribution in [3.63, 3.8) is 0 Å². The largest absolute Gasteiger partial charge is 0.302 e. The molecular weight excluding hydrogens is 399 g/mol. The summed E-state index contributed by atoms with van der Waals surface area (Å²) >= 11 is 8.86. The van der Waals surface area contributed by atoms with Crippen LogP contribution in [-0.4, -0.2) is 6.29 Å². The van der Waals surface area contributed by atoms with E-state index in [4.69, 9.17) is 0 Å². The smallest absolute Gasteiger partial charge is 0.138 e. The first-order valence-corrected chi connectivity index (χ1v) is 5.98. The first kappa shape index (κ1) is 10.7. The van der Waals surface area contributed by atoms with E-state index in [-0.39, 0.29) is 4.83 Å². The molecule has 0 N–H and O–H groups in total. The number of carbonyl (C=O) groups is 1. The molecule has 0 aliphatic rings. The number of hydrogen-bond acceptors (Lipinski definition) is 1. The van der Waals surface area contributed by atoms with Crippen molar-refractivity contribution < 1.29 is 4.79 Å². The summed E-state index contributed by atoms with van der Waals surface area (Å²) in [5.41, 5.74) is 0.984. The minimum absolute atomic E-state index is 0.195. The Morgan fingerprint density at radius 1 is 1.50 bits per heavy atom. The Bertz CT molecular complexity index is 301. The van der Waals surface area contributed by atoms with Gasteiger partial charge in [-0.1, -0.05) is 22.0 Å². The van der Waals surface area contributed by atoms with Gasteiger partial charge >= 0.3 is 0 Å². The maximum absolute atomic E-state index is 10.4. The van der Waals surface area contributed by atoms with E-state index in [1.54, 1.807) is 0 Å². The van der Waals surface area contributed by atoms with Gasteiger partial charge in [-0.05, 0) is 56.2 Å². The van der Waals surface area contributed by atoms with Crippen LogP contribution < -0.4 is 0 Å². The van der Waals surface area contributed by atoms with Gasteiger partial charge in [-0.2, -0.15) is 0 Å². The molecule has 0 aliphatic carbocycles. The number of benzene rings is 1. The Kier molecular flexibility index (Phi) is 4.19. The summed E-state index contributed by atoms with van der Waals surface area (Å²) in [7, 11) is 0.